The van der Waals surface area contributed by atoms with E-state index in [4.69, 9.17) is 10.5 Å². The van der Waals surface area contributed by atoms with Crippen molar-refractivity contribution >= 4 is 11.8 Å². The predicted molar refractivity (Wildman–Crippen MR) is 88.0 cm³/mol. The largest absolute Gasteiger partial charge is 0.496 e. The molecule has 0 aliphatic carbocycles. The number of benzene rings is 1. The van der Waals surface area contributed by atoms with Gasteiger partial charge in [-0.2, -0.15) is 0 Å². The Morgan fingerprint density at radius 3 is 2.65 bits per heavy atom. The molecule has 23 heavy (non-hydrogen) atoms. The van der Waals surface area contributed by atoms with Crippen LogP contribution in [-0.4, -0.2) is 43.0 Å². The number of nitrogens with two attached hydrogens (primary N) is 1. The summed E-state index contributed by atoms with van der Waals surface area (Å²) in [6.07, 6.45) is 0. The lowest BCUT2D eigenvalue weighted by atomic mass is 10.0. The van der Waals surface area contributed by atoms with Crippen LogP contribution in [0.1, 0.15) is 31.0 Å². The van der Waals surface area contributed by atoms with E-state index in [0.29, 0.717) is 18.8 Å². The minimum Gasteiger partial charge on any atom is -0.496 e. The van der Waals surface area contributed by atoms with E-state index in [9.17, 15) is 9.59 Å². The Morgan fingerprint density at radius 1 is 1.39 bits per heavy atom. The molecule has 6 nitrogen and oxygen atoms in total. The van der Waals surface area contributed by atoms with Gasteiger partial charge < -0.3 is 20.7 Å². The van der Waals surface area contributed by atoms with Crippen molar-refractivity contribution in [2.45, 2.75) is 32.9 Å². The number of ether oxygens (including phenoxy) is 1. The molecule has 126 valence electrons. The molecule has 1 fully saturated rings. The summed E-state index contributed by atoms with van der Waals surface area (Å²) in [6.45, 7) is 6.73. The Hall–Kier alpha value is -2.08. The van der Waals surface area contributed by atoms with Gasteiger partial charge in [-0.15, -0.1) is 0 Å². The van der Waals surface area contributed by atoms with Crippen LogP contribution in [0.15, 0.2) is 18.2 Å². The average Bonchev–Trinajstić information content (AvgIpc) is 2.85. The van der Waals surface area contributed by atoms with E-state index in [1.807, 2.05) is 39.0 Å². The molecule has 1 heterocycles. The summed E-state index contributed by atoms with van der Waals surface area (Å²) in [5.74, 6) is -0.237. The number of nitrogens with one attached hydrogen (secondary N) is 1. The third kappa shape index (κ3) is 3.82. The minimum atomic E-state index is -0.609. The van der Waals surface area contributed by atoms with Crippen molar-refractivity contribution in [1.29, 1.82) is 0 Å². The maximum atomic E-state index is 12.3. The highest BCUT2D eigenvalue weighted by atomic mass is 16.5. The fourth-order valence-corrected chi connectivity index (χ4v) is 2.83. The number of rotatable bonds is 3. The van der Waals surface area contributed by atoms with Crippen LogP contribution < -0.4 is 15.8 Å². The van der Waals surface area contributed by atoms with Gasteiger partial charge >= 0.3 is 11.8 Å². The van der Waals surface area contributed by atoms with E-state index in [0.717, 1.165) is 11.1 Å². The predicted octanol–water partition coefficient (Wildman–Crippen LogP) is 0.986. The van der Waals surface area contributed by atoms with Crippen LogP contribution in [0.25, 0.3) is 0 Å². The van der Waals surface area contributed by atoms with E-state index in [-0.39, 0.29) is 18.0 Å². The first-order valence-electron chi connectivity index (χ1n) is 7.83. The number of nitrogens with zero attached hydrogens (tertiary/aromatic N) is 1. The summed E-state index contributed by atoms with van der Waals surface area (Å²) in [4.78, 5) is 26.0. The molecule has 2 rings (SSSR count). The number of carbonyl (C=O) groups excluding carboxylic acids is 2. The second-order valence-corrected chi connectivity index (χ2v) is 6.29. The van der Waals surface area contributed by atoms with Gasteiger partial charge in [0.25, 0.3) is 0 Å². The molecule has 1 aliphatic heterocycles. The molecule has 0 spiro atoms. The first kappa shape index (κ1) is 17.3. The monoisotopic (exact) mass is 319 g/mol. The van der Waals surface area contributed by atoms with Crippen molar-refractivity contribution < 1.29 is 14.3 Å². The number of likely N-dealkylation sites (tertiary alicyclic amines) is 1. The molecule has 3 atom stereocenters. The van der Waals surface area contributed by atoms with Crippen molar-refractivity contribution in [1.82, 2.24) is 10.2 Å². The van der Waals surface area contributed by atoms with Crippen LogP contribution in [0.5, 0.6) is 5.75 Å². The summed E-state index contributed by atoms with van der Waals surface area (Å²) in [6, 6.07) is 5.35. The number of methoxy groups -OCH3 is 1. The Labute approximate surface area is 137 Å². The number of amides is 2. The quantitative estimate of drug-likeness (QED) is 0.814. The summed E-state index contributed by atoms with van der Waals surface area (Å²) >= 11 is 0. The van der Waals surface area contributed by atoms with Gasteiger partial charge in [-0.3, -0.25) is 9.59 Å². The third-order valence-corrected chi connectivity index (χ3v) is 4.35. The second kappa shape index (κ2) is 7.00. The van der Waals surface area contributed by atoms with Crippen LogP contribution in [0.4, 0.5) is 0 Å². The molecule has 0 unspecified atom stereocenters. The Kier molecular flexibility index (Phi) is 5.26. The van der Waals surface area contributed by atoms with Crippen LogP contribution in [-0.2, 0) is 9.59 Å². The van der Waals surface area contributed by atoms with Crippen molar-refractivity contribution in [3.05, 3.63) is 29.3 Å². The van der Waals surface area contributed by atoms with Gasteiger partial charge in [-0.25, -0.2) is 0 Å². The molecule has 1 aliphatic rings. The van der Waals surface area contributed by atoms with Gasteiger partial charge in [0.1, 0.15) is 5.75 Å². The van der Waals surface area contributed by atoms with Gasteiger partial charge in [-0.05, 0) is 25.8 Å². The minimum absolute atomic E-state index is 0.0685. The summed E-state index contributed by atoms with van der Waals surface area (Å²) < 4.78 is 5.33. The smallest absolute Gasteiger partial charge is 0.311 e. The highest BCUT2D eigenvalue weighted by molar-refractivity contribution is 6.35. The van der Waals surface area contributed by atoms with Crippen LogP contribution >= 0.6 is 0 Å². The first-order chi connectivity index (χ1) is 10.8. The number of hydrogen-bond acceptors (Lipinski definition) is 4. The highest BCUT2D eigenvalue weighted by Gasteiger charge is 2.33. The van der Waals surface area contributed by atoms with Crippen molar-refractivity contribution in [3.8, 4) is 5.75 Å². The van der Waals surface area contributed by atoms with E-state index in [1.165, 1.54) is 4.90 Å². The van der Waals surface area contributed by atoms with Crippen molar-refractivity contribution in [2.75, 3.05) is 20.2 Å². The van der Waals surface area contributed by atoms with E-state index >= 15 is 0 Å². The Morgan fingerprint density at radius 2 is 2.09 bits per heavy atom. The molecular weight excluding hydrogens is 294 g/mol. The van der Waals surface area contributed by atoms with Gasteiger partial charge in [0.05, 0.1) is 13.2 Å². The normalized spacial score (nSPS) is 21.9. The molecule has 0 saturated carbocycles. The number of aryl methyl sites for hydroxylation is 1. The zero-order valence-corrected chi connectivity index (χ0v) is 14.1. The second-order valence-electron chi connectivity index (χ2n) is 6.29. The Balaban J connectivity index is 2.05. The lowest BCUT2D eigenvalue weighted by Gasteiger charge is -2.20. The van der Waals surface area contributed by atoms with E-state index in [1.54, 1.807) is 7.11 Å². The van der Waals surface area contributed by atoms with Gasteiger partial charge in [0.15, 0.2) is 0 Å². The van der Waals surface area contributed by atoms with Crippen LogP contribution in [0.2, 0.25) is 0 Å². The SMILES string of the molecule is COc1ccc(C)cc1[C@@H](C)NC(=O)C(=O)N1C[C@@H](C)[C@H](N)C1. The first-order valence-corrected chi connectivity index (χ1v) is 7.83. The molecule has 6 heteroatoms. The fourth-order valence-electron chi connectivity index (χ4n) is 2.83. The van der Waals surface area contributed by atoms with E-state index in [2.05, 4.69) is 5.32 Å². The summed E-state index contributed by atoms with van der Waals surface area (Å²) in [5, 5.41) is 2.75. The van der Waals surface area contributed by atoms with Gasteiger partial charge in [-0.1, -0.05) is 24.6 Å². The molecule has 1 aromatic rings. The Bertz CT molecular complexity index is 593. The molecule has 3 N–H and O–H groups in total. The van der Waals surface area contributed by atoms with Crippen molar-refractivity contribution in [2.24, 2.45) is 11.7 Å². The molecule has 1 aromatic carbocycles. The molecule has 0 aromatic heterocycles. The molecular formula is C17H25N3O3. The van der Waals surface area contributed by atoms with Crippen LogP contribution in [0.3, 0.4) is 0 Å². The number of carbonyl (C=O) groups is 2. The lowest BCUT2D eigenvalue weighted by Crippen LogP contribution is -2.43. The van der Waals surface area contributed by atoms with Crippen molar-refractivity contribution in [3.63, 3.8) is 0 Å². The average molecular weight is 319 g/mol. The highest BCUT2D eigenvalue weighted by Crippen LogP contribution is 2.26. The fraction of sp³-hybridized carbons (Fsp3) is 0.529. The maximum absolute atomic E-state index is 12.3. The number of hydrogen-bond donors (Lipinski definition) is 2. The van der Waals surface area contributed by atoms with Crippen LogP contribution in [0, 0.1) is 12.8 Å². The molecule has 2 amide bonds. The van der Waals surface area contributed by atoms with E-state index < -0.39 is 11.8 Å². The zero-order chi connectivity index (χ0) is 17.1. The summed E-state index contributed by atoms with van der Waals surface area (Å²) in [5.41, 5.74) is 7.82. The van der Waals surface area contributed by atoms with Gasteiger partial charge in [0, 0.05) is 24.7 Å². The molecule has 0 radical (unpaired) electrons. The van der Waals surface area contributed by atoms with Gasteiger partial charge in [0.2, 0.25) is 0 Å². The standard InChI is InChI=1S/C17H25N3O3/c1-10-5-6-15(23-4)13(7-10)12(3)19-16(21)17(22)20-8-11(2)14(18)9-20/h5-7,11-12,14H,8-9,18H2,1-4H3,(H,19,21)/t11-,12-,14-/m1/s1. The zero-order valence-electron chi connectivity index (χ0n) is 14.1. The molecule has 0 bridgehead atoms. The topological polar surface area (TPSA) is 84.7 Å². The summed E-state index contributed by atoms with van der Waals surface area (Å²) in [7, 11) is 1.58. The lowest BCUT2D eigenvalue weighted by molar-refractivity contribution is -0.145. The third-order valence-electron chi connectivity index (χ3n) is 4.35. The maximum Gasteiger partial charge on any atom is 0.311 e. The molecule has 1 saturated heterocycles.